The van der Waals surface area contributed by atoms with Crippen molar-refractivity contribution in [2.24, 2.45) is 0 Å². The first-order valence-electron chi connectivity index (χ1n) is 16.3. The third kappa shape index (κ3) is 23.1. The Kier molecular flexibility index (Phi) is 33.3. The molecule has 0 saturated carbocycles. The van der Waals surface area contributed by atoms with E-state index in [2.05, 4.69) is 43.2 Å². The molecule has 0 saturated heterocycles. The molecule has 0 atom stereocenters. The van der Waals surface area contributed by atoms with Crippen LogP contribution in [0, 0.1) is 63.2 Å². The quantitative estimate of drug-likeness (QED) is 0.116. The summed E-state index contributed by atoms with van der Waals surface area (Å²) in [4.78, 5) is 35.2. The molecule has 0 radical (unpaired) electrons. The van der Waals surface area contributed by atoms with E-state index in [9.17, 15) is 4.79 Å². The molecule has 0 amide bonds. The number of hydrogen-bond acceptors (Lipinski definition) is 16. The number of halogens is 2. The number of anilines is 4. The Morgan fingerprint density at radius 2 is 0.983 bits per heavy atom. The van der Waals surface area contributed by atoms with Gasteiger partial charge in [-0.3, -0.25) is 0 Å². The second-order valence-corrected chi connectivity index (χ2v) is 11.4. The first-order chi connectivity index (χ1) is 28.8. The number of ether oxygens (including phenoxy) is 1. The molecule has 4 aliphatic heterocycles. The second-order valence-electron chi connectivity index (χ2n) is 10.7. The summed E-state index contributed by atoms with van der Waals surface area (Å²) in [5.41, 5.74) is 0. The zero-order valence-corrected chi connectivity index (χ0v) is 40.0. The van der Waals surface area contributed by atoms with Crippen molar-refractivity contribution >= 4 is 80.4 Å². The molecule has 0 bridgehead atoms. The summed E-state index contributed by atoms with van der Waals surface area (Å²) in [5, 5.41) is 38.1. The van der Waals surface area contributed by atoms with E-state index >= 15 is 0 Å². The Morgan fingerprint density at radius 1 is 0.733 bits per heavy atom. The maximum absolute atomic E-state index is 10.7. The Labute approximate surface area is 388 Å². The third-order valence-corrected chi connectivity index (χ3v) is 6.69. The Balaban J connectivity index is 0. The second kappa shape index (κ2) is 34.9. The first-order valence-corrected chi connectivity index (χ1v) is 22.6. The molecule has 6 heterocycles. The van der Waals surface area contributed by atoms with E-state index in [0.29, 0.717) is 30.7 Å². The molecular formula is C36H43Cl2N14O4PRu2S-8. The average molecular weight is 1070 g/mol. The summed E-state index contributed by atoms with van der Waals surface area (Å²) in [6, 6.07) is 10.1. The first kappa shape index (κ1) is 57.2. The topological polar surface area (TPSA) is 200 Å². The van der Waals surface area contributed by atoms with Gasteiger partial charge < -0.3 is 78.2 Å². The molecule has 0 spiro atoms. The van der Waals surface area contributed by atoms with Crippen molar-refractivity contribution in [1.29, 1.82) is 10.5 Å². The van der Waals surface area contributed by atoms with Gasteiger partial charge in [0.15, 0.2) is 6.61 Å². The van der Waals surface area contributed by atoms with Gasteiger partial charge in [-0.05, 0) is 89.6 Å². The van der Waals surface area contributed by atoms with E-state index in [0.717, 1.165) is 24.1 Å². The Hall–Kier alpha value is -4.86. The van der Waals surface area contributed by atoms with Crippen molar-refractivity contribution in [3.8, 4) is 23.6 Å². The summed E-state index contributed by atoms with van der Waals surface area (Å²) in [7, 11) is 17.3. The third-order valence-electron chi connectivity index (χ3n) is 6.18. The molecular weight excluding hydrogens is 1030 g/mol. The molecule has 330 valence electrons. The van der Waals surface area contributed by atoms with Gasteiger partial charge in [0.25, 0.3) is 0 Å². The predicted octanol–water partition coefficient (Wildman–Crippen LogP) is 7.05. The summed E-state index contributed by atoms with van der Waals surface area (Å²) < 4.78 is 10.8. The molecule has 2 aromatic heterocycles. The van der Waals surface area contributed by atoms with E-state index in [1.165, 1.54) is 12.1 Å². The summed E-state index contributed by atoms with van der Waals surface area (Å²) in [6.07, 6.45) is 17.3. The number of pyridine rings is 2. The molecule has 4 aliphatic rings. The van der Waals surface area contributed by atoms with E-state index in [-0.39, 0.29) is 0 Å². The molecule has 1 N–H and O–H groups in total. The number of carboxylic acids is 1. The number of nitriles is 2. The SMILES string of the molecule is CC=[N-].CC=[N-].CN1C=CN(c2cc(OCC(=O)O)cc(N3C=CN(C)[CH-]3)n2)[CH-]1.CN1C=CN(c2cc(OP=S)cc(N3C=CN(C)[CH-]3)n2)[CH-]1.[CH2-]C#N.[CH2-]C#N.[Cl][Ru].[Cl][Ru]. The van der Waals surface area contributed by atoms with Crippen molar-refractivity contribution in [1.82, 2.24) is 29.6 Å². The Morgan fingerprint density at radius 3 is 1.18 bits per heavy atom. The molecule has 60 heavy (non-hydrogen) atoms. The van der Waals surface area contributed by atoms with Crippen LogP contribution in [0.2, 0.25) is 0 Å². The maximum atomic E-state index is 10.7. The Bertz CT molecular complexity index is 1700. The van der Waals surface area contributed by atoms with Gasteiger partial charge in [-0.1, -0.05) is 13.8 Å². The van der Waals surface area contributed by atoms with Gasteiger partial charge in [-0.15, -0.1) is 38.8 Å². The van der Waals surface area contributed by atoms with Gasteiger partial charge in [0.1, 0.15) is 34.8 Å². The van der Waals surface area contributed by atoms with Crippen molar-refractivity contribution in [2.45, 2.75) is 13.8 Å². The molecule has 18 nitrogen and oxygen atoms in total. The van der Waals surface area contributed by atoms with Crippen LogP contribution in [-0.2, 0) is 51.2 Å². The number of rotatable bonds is 9. The van der Waals surface area contributed by atoms with E-state index in [4.69, 9.17) is 47.5 Å². The van der Waals surface area contributed by atoms with E-state index < -0.39 is 12.6 Å². The number of hydrogen-bond donors (Lipinski definition) is 1. The van der Waals surface area contributed by atoms with Crippen molar-refractivity contribution in [3.63, 3.8) is 0 Å². The monoisotopic (exact) mass is 1070 g/mol. The van der Waals surface area contributed by atoms with Gasteiger partial charge >= 0.3 is 60.0 Å². The predicted molar refractivity (Wildman–Crippen MR) is 235 cm³/mol. The molecule has 0 fully saturated rings. The number of aliphatic carboxylic acids is 1. The molecule has 24 heteroatoms. The van der Waals surface area contributed by atoms with Crippen LogP contribution in [0.15, 0.2) is 73.9 Å². The fourth-order valence-corrected chi connectivity index (χ4v) is 4.60. The van der Waals surface area contributed by atoms with Gasteiger partial charge in [-0.2, -0.15) is 0 Å². The molecule has 0 aliphatic carbocycles. The number of carbonyl (C=O) groups is 1. The zero-order valence-electron chi connectivity index (χ0n) is 33.3. The summed E-state index contributed by atoms with van der Waals surface area (Å²) in [5.74, 6) is 2.94. The van der Waals surface area contributed by atoms with Gasteiger partial charge in [0, 0.05) is 24.3 Å². The van der Waals surface area contributed by atoms with Gasteiger partial charge in [-0.25, -0.2) is 37.7 Å². The van der Waals surface area contributed by atoms with Crippen molar-refractivity contribution < 1.29 is 53.8 Å². The number of carboxylic acid groups (broad SMARTS) is 1. The van der Waals surface area contributed by atoms with Crippen molar-refractivity contribution in [3.05, 3.63) is 125 Å². The van der Waals surface area contributed by atoms with E-state index in [1.54, 1.807) is 26.0 Å². The fourth-order valence-electron chi connectivity index (χ4n) is 4.15. The van der Waals surface area contributed by atoms with Gasteiger partial charge in [0.05, 0.1) is 0 Å². The van der Waals surface area contributed by atoms with Crippen LogP contribution < -0.4 is 28.9 Å². The fraction of sp³-hybridized carbons (Fsp3) is 0.194. The minimum absolute atomic E-state index is 0.401. The van der Waals surface area contributed by atoms with Gasteiger partial charge in [0.2, 0.25) is 7.58 Å². The standard InChI is InChI=1S/C15H17N5O3.C13H14N5OPS.2C2H4N.2C2H2N.2ClH.2Ru/c1-17-3-5-19(10-17)13-7-12(23-9-15(21)22)8-14(16-13)20-6-4-18(2)11-20;1-15-3-5-17(9-15)12-7-11(19-20-21)8-13(14-12)18-6-4-16(2)10-18;4*1-2-3;;;;/h3-8,10-11H,9H2,1-2H3,(H,21,22);3-10H,1-2H3;2*2H,1H3;2*1H2;2*1H;;/q2*-2;4*-1;;;2*+1/p-2. The van der Waals surface area contributed by atoms with E-state index in [1.807, 2.05) is 190 Å². The zero-order chi connectivity index (χ0) is 46.0. The normalized spacial score (nSPS) is 13.3. The van der Waals surface area contributed by atoms with Crippen LogP contribution in [0.1, 0.15) is 13.8 Å². The van der Waals surface area contributed by atoms with Crippen molar-refractivity contribution in [2.75, 3.05) is 54.4 Å². The van der Waals surface area contributed by atoms with Crippen LogP contribution in [0.25, 0.3) is 10.8 Å². The van der Waals surface area contributed by atoms with Crippen LogP contribution in [0.4, 0.5) is 23.3 Å². The molecule has 6 rings (SSSR count). The summed E-state index contributed by atoms with van der Waals surface area (Å²) in [6.45, 7) is 15.9. The van der Waals surface area contributed by atoms with Crippen LogP contribution in [0.5, 0.6) is 11.5 Å². The van der Waals surface area contributed by atoms with Crippen LogP contribution >= 0.6 is 27.0 Å². The average Bonchev–Trinajstić information content (AvgIpc) is 4.06. The molecule has 0 unspecified atom stereocenters. The molecule has 0 aromatic carbocycles. The van der Waals surface area contributed by atoms with Crippen LogP contribution in [0.3, 0.4) is 0 Å². The summed E-state index contributed by atoms with van der Waals surface area (Å²) >= 11 is 8.51. The number of nitrogens with zero attached hydrogens (tertiary/aromatic N) is 14. The number of aromatic nitrogens is 2. The molecule has 2 aromatic rings. The van der Waals surface area contributed by atoms with Crippen LogP contribution in [-0.4, -0.2) is 87.9 Å². The minimum atomic E-state index is -1.02.